The smallest absolute Gasteiger partial charge is 0.411 e. The summed E-state index contributed by atoms with van der Waals surface area (Å²) in [4.78, 5) is 17.1. The van der Waals surface area contributed by atoms with E-state index in [1.807, 2.05) is 18.2 Å². The lowest BCUT2D eigenvalue weighted by Gasteiger charge is -2.37. The number of piperidine rings is 1. The fourth-order valence-electron chi connectivity index (χ4n) is 2.30. The van der Waals surface area contributed by atoms with Crippen LogP contribution in [0.25, 0.3) is 0 Å². The van der Waals surface area contributed by atoms with Crippen LogP contribution in [0.3, 0.4) is 0 Å². The molecule has 1 atom stereocenters. The average molecular weight is 293 g/mol. The lowest BCUT2D eigenvalue weighted by Crippen LogP contribution is -2.51. The molecule has 1 aromatic carbocycles. The van der Waals surface area contributed by atoms with Crippen molar-refractivity contribution < 1.29 is 19.6 Å². The summed E-state index contributed by atoms with van der Waals surface area (Å²) in [6.45, 7) is 0.919. The molecule has 0 radical (unpaired) electrons. The molecule has 1 amide bonds. The molecule has 0 spiro atoms. The highest BCUT2D eigenvalue weighted by molar-refractivity contribution is 5.84. The van der Waals surface area contributed by atoms with Crippen molar-refractivity contribution in [2.45, 2.75) is 18.4 Å². The highest BCUT2D eigenvalue weighted by atomic mass is 16.7. The number of hydrogen-bond acceptors (Lipinski definition) is 6. The number of oxime groups is 1. The number of para-hydroxylation sites is 1. The van der Waals surface area contributed by atoms with E-state index in [1.165, 1.54) is 18.4 Å². The second kappa shape index (κ2) is 7.05. The normalized spacial score (nSPS) is 23.1. The summed E-state index contributed by atoms with van der Waals surface area (Å²) < 4.78 is 5.39. The molecule has 1 unspecified atom stereocenters. The van der Waals surface area contributed by atoms with Crippen LogP contribution in [0.5, 0.6) is 0 Å². The lowest BCUT2D eigenvalue weighted by atomic mass is 9.95. The highest BCUT2D eigenvalue weighted by Crippen LogP contribution is 2.23. The van der Waals surface area contributed by atoms with Gasteiger partial charge in [-0.1, -0.05) is 23.4 Å². The van der Waals surface area contributed by atoms with Crippen molar-refractivity contribution in [1.29, 1.82) is 0 Å². The Labute approximate surface area is 123 Å². The number of ether oxygens (including phenoxy) is 1. The highest BCUT2D eigenvalue weighted by Gasteiger charge is 2.36. The lowest BCUT2D eigenvalue weighted by molar-refractivity contribution is -0.151. The van der Waals surface area contributed by atoms with Crippen LogP contribution in [0.4, 0.5) is 10.5 Å². The van der Waals surface area contributed by atoms with Crippen molar-refractivity contribution in [3.05, 3.63) is 30.3 Å². The molecule has 7 heteroatoms. The Morgan fingerprint density at radius 3 is 2.90 bits per heavy atom. The maximum Gasteiger partial charge on any atom is 0.430 e. The van der Waals surface area contributed by atoms with Crippen molar-refractivity contribution in [3.8, 4) is 0 Å². The van der Waals surface area contributed by atoms with E-state index in [0.29, 0.717) is 25.2 Å². The third-order valence-corrected chi connectivity index (χ3v) is 3.38. The first-order chi connectivity index (χ1) is 10.2. The maximum atomic E-state index is 11.8. The van der Waals surface area contributed by atoms with Gasteiger partial charge < -0.3 is 14.8 Å². The van der Waals surface area contributed by atoms with Gasteiger partial charge in [0.1, 0.15) is 5.60 Å². The number of nitrogens with zero attached hydrogens (tertiary/aromatic N) is 2. The van der Waals surface area contributed by atoms with Crippen LogP contribution in [-0.4, -0.2) is 48.4 Å². The molecule has 2 N–H and O–H groups in total. The van der Waals surface area contributed by atoms with Crippen molar-refractivity contribution in [3.63, 3.8) is 0 Å². The molecular formula is C14H19N3O4. The number of nitrogens with one attached hydrogen (secondary N) is 1. The molecule has 1 saturated heterocycles. The zero-order chi connectivity index (χ0) is 15.1. The molecule has 2 rings (SSSR count). The van der Waals surface area contributed by atoms with Crippen molar-refractivity contribution in [1.82, 2.24) is 5.06 Å². The SMILES string of the molecule is COC1(C=NO)CCCN(OC(=O)Nc2ccccc2)C1. The summed E-state index contributed by atoms with van der Waals surface area (Å²) in [6, 6.07) is 9.06. The van der Waals surface area contributed by atoms with Gasteiger partial charge in [-0.25, -0.2) is 4.79 Å². The maximum absolute atomic E-state index is 11.8. The molecule has 0 saturated carbocycles. The Balaban J connectivity index is 1.91. The summed E-state index contributed by atoms with van der Waals surface area (Å²) >= 11 is 0. The first-order valence-corrected chi connectivity index (χ1v) is 6.70. The number of methoxy groups -OCH3 is 1. The van der Waals surface area contributed by atoms with Crippen LogP contribution in [0.15, 0.2) is 35.5 Å². The molecule has 7 nitrogen and oxygen atoms in total. The molecule has 1 fully saturated rings. The number of amides is 1. The number of carbonyl (C=O) groups excluding carboxylic acids is 1. The number of benzene rings is 1. The van der Waals surface area contributed by atoms with Gasteiger partial charge in [-0.05, 0) is 25.0 Å². The van der Waals surface area contributed by atoms with Crippen LogP contribution in [0, 0.1) is 0 Å². The number of carbonyl (C=O) groups is 1. The Hall–Kier alpha value is -2.12. The van der Waals surface area contributed by atoms with Crippen LogP contribution in [0.1, 0.15) is 12.8 Å². The van der Waals surface area contributed by atoms with Gasteiger partial charge in [0.25, 0.3) is 0 Å². The van der Waals surface area contributed by atoms with E-state index in [9.17, 15) is 4.79 Å². The van der Waals surface area contributed by atoms with Gasteiger partial charge in [0, 0.05) is 19.3 Å². The Morgan fingerprint density at radius 1 is 1.48 bits per heavy atom. The monoisotopic (exact) mass is 293 g/mol. The second-order valence-corrected chi connectivity index (χ2v) is 4.85. The average Bonchev–Trinajstić information content (AvgIpc) is 2.49. The molecule has 0 aromatic heterocycles. The molecule has 114 valence electrons. The van der Waals surface area contributed by atoms with Gasteiger partial charge in [0.15, 0.2) is 0 Å². The van der Waals surface area contributed by atoms with E-state index in [0.717, 1.165) is 6.42 Å². The van der Waals surface area contributed by atoms with Gasteiger partial charge in [0.2, 0.25) is 0 Å². The Morgan fingerprint density at radius 2 is 2.24 bits per heavy atom. The van der Waals surface area contributed by atoms with Crippen LogP contribution < -0.4 is 5.32 Å². The molecule has 1 aliphatic heterocycles. The van der Waals surface area contributed by atoms with Crippen molar-refractivity contribution in [2.24, 2.45) is 5.16 Å². The van der Waals surface area contributed by atoms with Crippen LogP contribution in [0.2, 0.25) is 0 Å². The minimum Gasteiger partial charge on any atom is -0.411 e. The predicted molar refractivity (Wildman–Crippen MR) is 77.4 cm³/mol. The first kappa shape index (κ1) is 15.3. The zero-order valence-corrected chi connectivity index (χ0v) is 11.9. The third-order valence-electron chi connectivity index (χ3n) is 3.38. The molecule has 1 aliphatic rings. The standard InChI is InChI=1S/C14H19N3O4/c1-20-14(10-15-19)8-5-9-17(11-14)21-13(18)16-12-6-3-2-4-7-12/h2-4,6-7,10,19H,5,8-9,11H2,1H3,(H,16,18). The molecular weight excluding hydrogens is 274 g/mol. The number of hydrogen-bond donors (Lipinski definition) is 2. The van der Waals surface area contributed by atoms with Crippen LogP contribution >= 0.6 is 0 Å². The number of rotatable bonds is 4. The summed E-state index contributed by atoms with van der Waals surface area (Å²) in [5.74, 6) is 0. The largest absolute Gasteiger partial charge is 0.430 e. The summed E-state index contributed by atoms with van der Waals surface area (Å²) in [5.41, 5.74) is -0.0746. The minimum absolute atomic E-state index is 0.315. The fraction of sp³-hybridized carbons (Fsp3) is 0.429. The van der Waals surface area contributed by atoms with E-state index in [4.69, 9.17) is 14.8 Å². The first-order valence-electron chi connectivity index (χ1n) is 6.70. The number of anilines is 1. The summed E-state index contributed by atoms with van der Waals surface area (Å²) in [5, 5.41) is 15.9. The summed E-state index contributed by atoms with van der Waals surface area (Å²) in [6.07, 6.45) is 2.23. The molecule has 1 aromatic rings. The van der Waals surface area contributed by atoms with Gasteiger partial charge in [-0.3, -0.25) is 5.32 Å². The van der Waals surface area contributed by atoms with Gasteiger partial charge in [-0.2, -0.15) is 0 Å². The van der Waals surface area contributed by atoms with E-state index < -0.39 is 11.7 Å². The van der Waals surface area contributed by atoms with Crippen molar-refractivity contribution >= 4 is 18.0 Å². The van der Waals surface area contributed by atoms with E-state index in [-0.39, 0.29) is 0 Å². The predicted octanol–water partition coefficient (Wildman–Crippen LogP) is 2.09. The van der Waals surface area contributed by atoms with Gasteiger partial charge >= 0.3 is 6.09 Å². The zero-order valence-electron chi connectivity index (χ0n) is 11.9. The third kappa shape index (κ3) is 4.17. The Bertz CT molecular complexity index is 494. The fourth-order valence-corrected chi connectivity index (χ4v) is 2.30. The van der Waals surface area contributed by atoms with E-state index >= 15 is 0 Å². The van der Waals surface area contributed by atoms with Gasteiger partial charge in [0.05, 0.1) is 12.8 Å². The quantitative estimate of drug-likeness (QED) is 0.504. The molecule has 0 aliphatic carbocycles. The molecule has 0 bridgehead atoms. The number of hydroxylamine groups is 2. The Kier molecular flexibility index (Phi) is 5.13. The summed E-state index contributed by atoms with van der Waals surface area (Å²) in [7, 11) is 1.54. The van der Waals surface area contributed by atoms with E-state index in [1.54, 1.807) is 12.1 Å². The van der Waals surface area contributed by atoms with Crippen molar-refractivity contribution in [2.75, 3.05) is 25.5 Å². The van der Waals surface area contributed by atoms with Crippen LogP contribution in [-0.2, 0) is 9.57 Å². The van der Waals surface area contributed by atoms with E-state index in [2.05, 4.69) is 10.5 Å². The molecule has 21 heavy (non-hydrogen) atoms. The second-order valence-electron chi connectivity index (χ2n) is 4.85. The van der Waals surface area contributed by atoms with Gasteiger partial charge in [-0.15, -0.1) is 5.06 Å². The molecule has 1 heterocycles. The minimum atomic E-state index is -0.736. The topological polar surface area (TPSA) is 83.4 Å².